The highest BCUT2D eigenvalue weighted by molar-refractivity contribution is 5.81. The molecule has 0 aliphatic rings. The molecule has 0 aliphatic heterocycles. The highest BCUT2D eigenvalue weighted by Gasteiger charge is 2.27. The molecule has 0 bridgehead atoms. The molecular formula is C11H15NO5. The molecule has 94 valence electrons. The predicted molar refractivity (Wildman–Crippen MR) is 58.4 cm³/mol. The van der Waals surface area contributed by atoms with Crippen LogP contribution in [0.2, 0.25) is 0 Å². The molecule has 1 N–H and O–H groups in total. The van der Waals surface area contributed by atoms with Crippen LogP contribution in [0.25, 0.3) is 0 Å². The quantitative estimate of drug-likeness (QED) is 0.806. The third-order valence-electron chi connectivity index (χ3n) is 2.20. The lowest BCUT2D eigenvalue weighted by Gasteiger charge is -2.13. The van der Waals surface area contributed by atoms with Crippen molar-refractivity contribution in [2.45, 2.75) is 19.4 Å². The van der Waals surface area contributed by atoms with Gasteiger partial charge in [0.15, 0.2) is 6.04 Å². The highest BCUT2D eigenvalue weighted by atomic mass is 16.5. The van der Waals surface area contributed by atoms with Gasteiger partial charge in [-0.1, -0.05) is 6.92 Å². The van der Waals surface area contributed by atoms with Crippen molar-refractivity contribution in [2.75, 3.05) is 14.2 Å². The number of hydrogen-bond donors (Lipinski definition) is 1. The maximum absolute atomic E-state index is 11.5. The third-order valence-corrected chi connectivity index (χ3v) is 2.20. The lowest BCUT2D eigenvalue weighted by molar-refractivity contribution is -0.143. The van der Waals surface area contributed by atoms with Crippen LogP contribution in [0.5, 0.6) is 0 Å². The summed E-state index contributed by atoms with van der Waals surface area (Å²) in [6.45, 7) is 1.92. The number of nitrogens with one attached hydrogen (secondary N) is 1. The summed E-state index contributed by atoms with van der Waals surface area (Å²) < 4.78 is 14.4. The average Bonchev–Trinajstić information content (AvgIpc) is 2.83. The molecule has 1 heterocycles. The monoisotopic (exact) mass is 241 g/mol. The van der Waals surface area contributed by atoms with Crippen molar-refractivity contribution in [3.05, 3.63) is 23.7 Å². The largest absolute Gasteiger partial charge is 0.467 e. The van der Waals surface area contributed by atoms with Gasteiger partial charge in [0.05, 0.1) is 14.2 Å². The Balaban J connectivity index is 2.89. The van der Waals surface area contributed by atoms with Gasteiger partial charge in [0, 0.05) is 6.42 Å². The van der Waals surface area contributed by atoms with Crippen LogP contribution >= 0.6 is 0 Å². The summed E-state index contributed by atoms with van der Waals surface area (Å²) in [6, 6.07) is 2.37. The van der Waals surface area contributed by atoms with Gasteiger partial charge in [-0.05, 0) is 12.1 Å². The molecule has 1 aromatic rings. The number of esters is 1. The lowest BCUT2D eigenvalue weighted by Crippen LogP contribution is -2.34. The molecule has 0 fully saturated rings. The molecule has 1 rings (SSSR count). The van der Waals surface area contributed by atoms with Crippen LogP contribution in [0.3, 0.4) is 0 Å². The minimum atomic E-state index is -0.993. The molecule has 0 aliphatic carbocycles. The summed E-state index contributed by atoms with van der Waals surface area (Å²) >= 11 is 0. The van der Waals surface area contributed by atoms with E-state index in [1.54, 1.807) is 12.1 Å². The zero-order chi connectivity index (χ0) is 12.8. The first-order valence-electron chi connectivity index (χ1n) is 5.13. The number of amides is 1. The topological polar surface area (TPSA) is 77.8 Å². The van der Waals surface area contributed by atoms with E-state index in [1.807, 2.05) is 6.92 Å². The summed E-state index contributed by atoms with van der Waals surface area (Å²) in [4.78, 5) is 22.6. The van der Waals surface area contributed by atoms with Crippen LogP contribution in [0.4, 0.5) is 4.79 Å². The normalized spacial score (nSPS) is 11.7. The van der Waals surface area contributed by atoms with E-state index < -0.39 is 18.1 Å². The van der Waals surface area contributed by atoms with Crippen LogP contribution in [-0.4, -0.2) is 26.3 Å². The van der Waals surface area contributed by atoms with Crippen molar-refractivity contribution in [1.82, 2.24) is 5.32 Å². The fourth-order valence-corrected chi connectivity index (χ4v) is 1.28. The van der Waals surface area contributed by atoms with Crippen LogP contribution < -0.4 is 5.32 Å². The van der Waals surface area contributed by atoms with Gasteiger partial charge in [-0.25, -0.2) is 9.59 Å². The van der Waals surface area contributed by atoms with Gasteiger partial charge < -0.3 is 19.2 Å². The number of hydrogen-bond acceptors (Lipinski definition) is 5. The Kier molecular flexibility index (Phi) is 4.56. The third kappa shape index (κ3) is 3.24. The van der Waals surface area contributed by atoms with E-state index >= 15 is 0 Å². The summed E-state index contributed by atoms with van der Waals surface area (Å²) in [5.41, 5.74) is 0. The molecule has 1 atom stereocenters. The molecule has 0 saturated heterocycles. The van der Waals surface area contributed by atoms with Gasteiger partial charge in [-0.2, -0.15) is 0 Å². The Hall–Kier alpha value is -1.98. The van der Waals surface area contributed by atoms with Gasteiger partial charge in [0.1, 0.15) is 11.5 Å². The molecule has 1 aromatic heterocycles. The Labute approximate surface area is 98.9 Å². The number of aryl methyl sites for hydroxylation is 1. The fraction of sp³-hybridized carbons (Fsp3) is 0.455. The lowest BCUT2D eigenvalue weighted by atomic mass is 10.2. The van der Waals surface area contributed by atoms with E-state index in [0.717, 1.165) is 5.76 Å². The molecule has 1 unspecified atom stereocenters. The van der Waals surface area contributed by atoms with Crippen molar-refractivity contribution in [1.29, 1.82) is 0 Å². The maximum atomic E-state index is 11.5. The van der Waals surface area contributed by atoms with E-state index in [1.165, 1.54) is 14.2 Å². The SMILES string of the molecule is CCc1ccc(C(NC(=O)OC)C(=O)OC)o1. The fourth-order valence-electron chi connectivity index (χ4n) is 1.28. The number of alkyl carbamates (subject to hydrolysis) is 1. The first-order chi connectivity index (χ1) is 8.12. The van der Waals surface area contributed by atoms with Gasteiger partial charge >= 0.3 is 12.1 Å². The highest BCUT2D eigenvalue weighted by Crippen LogP contribution is 2.18. The van der Waals surface area contributed by atoms with E-state index in [0.29, 0.717) is 12.2 Å². The van der Waals surface area contributed by atoms with E-state index in [4.69, 9.17) is 4.42 Å². The van der Waals surface area contributed by atoms with Crippen LogP contribution in [0.1, 0.15) is 24.5 Å². The molecular weight excluding hydrogens is 226 g/mol. The molecule has 1 amide bonds. The van der Waals surface area contributed by atoms with E-state index in [2.05, 4.69) is 14.8 Å². The molecule has 6 nitrogen and oxygen atoms in total. The van der Waals surface area contributed by atoms with Gasteiger partial charge in [0.2, 0.25) is 0 Å². The average molecular weight is 241 g/mol. The smallest absolute Gasteiger partial charge is 0.407 e. The zero-order valence-electron chi connectivity index (χ0n) is 9.98. The summed E-state index contributed by atoms with van der Waals surface area (Å²) in [5, 5.41) is 2.34. The van der Waals surface area contributed by atoms with Crippen molar-refractivity contribution < 1.29 is 23.5 Å². The number of ether oxygens (including phenoxy) is 2. The van der Waals surface area contributed by atoms with Gasteiger partial charge in [-0.3, -0.25) is 0 Å². The van der Waals surface area contributed by atoms with Gasteiger partial charge in [0.25, 0.3) is 0 Å². The standard InChI is InChI=1S/C11H15NO5/c1-4-7-5-6-8(17-7)9(10(13)15-2)12-11(14)16-3/h5-6,9H,4H2,1-3H3,(H,12,14). The summed E-state index contributed by atoms with van der Waals surface area (Å²) in [7, 11) is 2.45. The Morgan fingerprint density at radius 2 is 2.06 bits per heavy atom. The minimum Gasteiger partial charge on any atom is -0.467 e. The van der Waals surface area contributed by atoms with E-state index in [9.17, 15) is 9.59 Å². The van der Waals surface area contributed by atoms with Crippen molar-refractivity contribution in [3.8, 4) is 0 Å². The molecule has 0 aromatic carbocycles. The van der Waals surface area contributed by atoms with Crippen molar-refractivity contribution in [2.24, 2.45) is 0 Å². The first kappa shape index (κ1) is 13.1. The number of carbonyl (C=O) groups excluding carboxylic acids is 2. The van der Waals surface area contributed by atoms with Crippen LogP contribution in [-0.2, 0) is 20.7 Å². The Morgan fingerprint density at radius 3 is 2.53 bits per heavy atom. The molecule has 0 saturated carbocycles. The maximum Gasteiger partial charge on any atom is 0.407 e. The number of furan rings is 1. The zero-order valence-corrected chi connectivity index (χ0v) is 9.98. The number of carbonyl (C=O) groups is 2. The van der Waals surface area contributed by atoms with Crippen LogP contribution in [0, 0.1) is 0 Å². The summed E-state index contributed by atoms with van der Waals surface area (Å²) in [6.07, 6.45) is -0.0265. The molecule has 0 radical (unpaired) electrons. The Bertz CT molecular complexity index is 398. The second-order valence-electron chi connectivity index (χ2n) is 3.25. The van der Waals surface area contributed by atoms with Crippen molar-refractivity contribution in [3.63, 3.8) is 0 Å². The summed E-state index contributed by atoms with van der Waals surface area (Å²) in [5.74, 6) is 0.423. The minimum absolute atomic E-state index is 0.319. The van der Waals surface area contributed by atoms with Crippen LogP contribution in [0.15, 0.2) is 16.5 Å². The van der Waals surface area contributed by atoms with Gasteiger partial charge in [-0.15, -0.1) is 0 Å². The van der Waals surface area contributed by atoms with Crippen molar-refractivity contribution >= 4 is 12.1 Å². The van der Waals surface area contributed by atoms with E-state index in [-0.39, 0.29) is 0 Å². The number of methoxy groups -OCH3 is 2. The molecule has 6 heteroatoms. The molecule has 0 spiro atoms. The predicted octanol–water partition coefficient (Wildman–Crippen LogP) is 1.41. The molecule has 17 heavy (non-hydrogen) atoms. The second-order valence-corrected chi connectivity index (χ2v) is 3.25. The Morgan fingerprint density at radius 1 is 1.35 bits per heavy atom. The number of rotatable bonds is 4. The second kappa shape index (κ2) is 5.93. The first-order valence-corrected chi connectivity index (χ1v) is 5.13.